The number of methoxy groups -OCH3 is 1. The number of carbonyl (C=O) groups is 1. The van der Waals surface area contributed by atoms with Gasteiger partial charge in [0.1, 0.15) is 18.0 Å². The molecule has 3 rings (SSSR count). The molecule has 132 valence electrons. The van der Waals surface area contributed by atoms with Crippen molar-refractivity contribution in [1.29, 1.82) is 0 Å². The van der Waals surface area contributed by atoms with E-state index in [9.17, 15) is 14.7 Å². The number of benzene rings is 2. The Balaban J connectivity index is 1.73. The molecule has 7 heteroatoms. The van der Waals surface area contributed by atoms with Crippen LogP contribution in [-0.4, -0.2) is 27.7 Å². The second-order valence-corrected chi connectivity index (χ2v) is 5.57. The van der Waals surface area contributed by atoms with Crippen LogP contribution >= 0.6 is 0 Å². The van der Waals surface area contributed by atoms with Gasteiger partial charge in [-0.2, -0.15) is 0 Å². The number of anilines is 1. The highest BCUT2D eigenvalue weighted by Crippen LogP contribution is 2.19. The van der Waals surface area contributed by atoms with Gasteiger partial charge in [-0.3, -0.25) is 14.2 Å². The molecular formula is C19H17N3O4. The van der Waals surface area contributed by atoms with E-state index in [0.29, 0.717) is 17.1 Å². The normalized spacial score (nSPS) is 10.3. The highest BCUT2D eigenvalue weighted by molar-refractivity contribution is 5.90. The Morgan fingerprint density at radius 2 is 1.96 bits per heavy atom. The fourth-order valence-electron chi connectivity index (χ4n) is 2.40. The molecule has 26 heavy (non-hydrogen) atoms. The Morgan fingerprint density at radius 3 is 2.62 bits per heavy atom. The molecule has 0 radical (unpaired) electrons. The molecule has 7 nitrogen and oxygen atoms in total. The summed E-state index contributed by atoms with van der Waals surface area (Å²) >= 11 is 0. The lowest BCUT2D eigenvalue weighted by Crippen LogP contribution is -2.27. The largest absolute Gasteiger partial charge is 0.508 e. The predicted molar refractivity (Wildman–Crippen MR) is 97.2 cm³/mol. The maximum absolute atomic E-state index is 12.3. The lowest BCUT2D eigenvalue weighted by molar-refractivity contribution is -0.116. The van der Waals surface area contributed by atoms with E-state index >= 15 is 0 Å². The molecular weight excluding hydrogens is 334 g/mol. The van der Waals surface area contributed by atoms with Gasteiger partial charge in [0.15, 0.2) is 0 Å². The van der Waals surface area contributed by atoms with Crippen molar-refractivity contribution in [2.75, 3.05) is 12.4 Å². The number of hydrogen-bond donors (Lipinski definition) is 2. The molecule has 0 atom stereocenters. The van der Waals surface area contributed by atoms with Gasteiger partial charge in [-0.25, -0.2) is 4.98 Å². The van der Waals surface area contributed by atoms with E-state index < -0.39 is 5.91 Å². The first kappa shape index (κ1) is 17.2. The fraction of sp³-hybridized carbons (Fsp3) is 0.105. The van der Waals surface area contributed by atoms with Crippen molar-refractivity contribution in [3.8, 4) is 22.8 Å². The molecule has 0 bridgehead atoms. The lowest BCUT2D eigenvalue weighted by atomic mass is 10.1. The molecule has 2 N–H and O–H groups in total. The summed E-state index contributed by atoms with van der Waals surface area (Å²) in [6, 6.07) is 14.7. The van der Waals surface area contributed by atoms with Gasteiger partial charge in [-0.05, 0) is 36.4 Å². The van der Waals surface area contributed by atoms with Crippen LogP contribution in [-0.2, 0) is 11.3 Å². The number of hydrogen-bond acceptors (Lipinski definition) is 5. The molecule has 0 aliphatic heterocycles. The average molecular weight is 351 g/mol. The first-order chi connectivity index (χ1) is 12.5. The van der Waals surface area contributed by atoms with Gasteiger partial charge >= 0.3 is 0 Å². The zero-order valence-corrected chi connectivity index (χ0v) is 14.0. The lowest BCUT2D eigenvalue weighted by Gasteiger charge is -2.08. The maximum atomic E-state index is 12.3. The van der Waals surface area contributed by atoms with Crippen molar-refractivity contribution in [3.05, 3.63) is 71.3 Å². The molecule has 0 spiro atoms. The fourth-order valence-corrected chi connectivity index (χ4v) is 2.40. The Hall–Kier alpha value is -3.61. The van der Waals surface area contributed by atoms with Crippen molar-refractivity contribution in [1.82, 2.24) is 9.55 Å². The summed E-state index contributed by atoms with van der Waals surface area (Å²) in [6.07, 6.45) is 1.34. The molecule has 0 unspecified atom stereocenters. The topological polar surface area (TPSA) is 93.5 Å². The number of nitrogens with one attached hydrogen (secondary N) is 1. The third-order valence-corrected chi connectivity index (χ3v) is 3.71. The van der Waals surface area contributed by atoms with E-state index in [4.69, 9.17) is 4.74 Å². The number of aromatic hydroxyl groups is 1. The molecule has 0 fully saturated rings. The summed E-state index contributed by atoms with van der Waals surface area (Å²) < 4.78 is 6.31. The molecule has 2 aromatic carbocycles. The monoisotopic (exact) mass is 351 g/mol. The number of phenolic OH excluding ortho intramolecular Hbond substituents is 1. The number of ether oxygens (including phenoxy) is 1. The molecule has 1 heterocycles. The zero-order valence-electron chi connectivity index (χ0n) is 14.0. The van der Waals surface area contributed by atoms with E-state index in [1.807, 2.05) is 0 Å². The SMILES string of the molecule is COc1ccc(-c2cc(=O)n(CC(=O)Nc3cccc(O)c3)cn2)cc1. The number of rotatable bonds is 5. The molecule has 0 aliphatic carbocycles. The van der Waals surface area contributed by atoms with E-state index in [1.165, 1.54) is 29.1 Å². The van der Waals surface area contributed by atoms with Crippen LogP contribution in [0.4, 0.5) is 5.69 Å². The van der Waals surface area contributed by atoms with Crippen molar-refractivity contribution in [3.63, 3.8) is 0 Å². The van der Waals surface area contributed by atoms with Gasteiger partial charge in [0.05, 0.1) is 19.1 Å². The summed E-state index contributed by atoms with van der Waals surface area (Å²) in [5, 5.41) is 12.0. The minimum Gasteiger partial charge on any atom is -0.508 e. The molecule has 0 saturated carbocycles. The second kappa shape index (κ2) is 7.52. The van der Waals surface area contributed by atoms with Gasteiger partial charge in [-0.15, -0.1) is 0 Å². The predicted octanol–water partition coefficient (Wildman–Crippen LogP) is 2.26. The van der Waals surface area contributed by atoms with Gasteiger partial charge < -0.3 is 15.2 Å². The number of amides is 1. The first-order valence-electron chi connectivity index (χ1n) is 7.85. The van der Waals surface area contributed by atoms with Crippen molar-refractivity contribution in [2.24, 2.45) is 0 Å². The summed E-state index contributed by atoms with van der Waals surface area (Å²) in [7, 11) is 1.58. The van der Waals surface area contributed by atoms with Gasteiger partial charge in [0, 0.05) is 23.4 Å². The number of nitrogens with zero attached hydrogens (tertiary/aromatic N) is 2. The van der Waals surface area contributed by atoms with Crippen LogP contribution in [0, 0.1) is 0 Å². The number of phenols is 1. The standard InChI is InChI=1S/C19H17N3O4/c1-26-16-7-5-13(6-8-16)17-10-19(25)22(12-20-17)11-18(24)21-14-3-2-4-15(23)9-14/h2-10,12,23H,11H2,1H3,(H,21,24). The smallest absolute Gasteiger partial charge is 0.254 e. The van der Waals surface area contributed by atoms with Crippen molar-refractivity contribution in [2.45, 2.75) is 6.54 Å². The van der Waals surface area contributed by atoms with Crippen LogP contribution in [0.2, 0.25) is 0 Å². The Bertz CT molecular complexity index is 981. The maximum Gasteiger partial charge on any atom is 0.254 e. The van der Waals surface area contributed by atoms with Crippen LogP contribution in [0.5, 0.6) is 11.5 Å². The summed E-state index contributed by atoms with van der Waals surface area (Å²) in [5.74, 6) is 0.368. The Morgan fingerprint density at radius 1 is 1.19 bits per heavy atom. The Labute approximate surface area is 149 Å². The molecule has 1 aromatic heterocycles. The molecule has 3 aromatic rings. The molecule has 1 amide bonds. The summed E-state index contributed by atoms with van der Waals surface area (Å²) in [5.41, 5.74) is 1.41. The van der Waals surface area contributed by atoms with E-state index in [1.54, 1.807) is 43.5 Å². The second-order valence-electron chi connectivity index (χ2n) is 5.57. The Kier molecular flexibility index (Phi) is 4.98. The van der Waals surface area contributed by atoms with Gasteiger partial charge in [0.25, 0.3) is 5.56 Å². The average Bonchev–Trinajstić information content (AvgIpc) is 2.63. The first-order valence-corrected chi connectivity index (χ1v) is 7.85. The van der Waals surface area contributed by atoms with Crippen molar-refractivity contribution < 1.29 is 14.6 Å². The highest BCUT2D eigenvalue weighted by atomic mass is 16.5. The van der Waals surface area contributed by atoms with Crippen LogP contribution in [0.1, 0.15) is 0 Å². The van der Waals surface area contributed by atoms with Crippen LogP contribution in [0.15, 0.2) is 65.7 Å². The number of aromatic nitrogens is 2. The third-order valence-electron chi connectivity index (χ3n) is 3.71. The van der Waals surface area contributed by atoms with Crippen LogP contribution in [0.25, 0.3) is 11.3 Å². The third kappa shape index (κ3) is 4.07. The van der Waals surface area contributed by atoms with Crippen LogP contribution in [0.3, 0.4) is 0 Å². The summed E-state index contributed by atoms with van der Waals surface area (Å²) in [6.45, 7) is -0.176. The minimum atomic E-state index is -0.392. The highest BCUT2D eigenvalue weighted by Gasteiger charge is 2.08. The van der Waals surface area contributed by atoms with Crippen LogP contribution < -0.4 is 15.6 Å². The molecule has 0 aliphatic rings. The number of carbonyl (C=O) groups excluding carboxylic acids is 1. The van der Waals surface area contributed by atoms with Gasteiger partial charge in [0.2, 0.25) is 5.91 Å². The van der Waals surface area contributed by atoms with Crippen molar-refractivity contribution >= 4 is 11.6 Å². The summed E-state index contributed by atoms with van der Waals surface area (Å²) in [4.78, 5) is 28.6. The molecule has 0 saturated heterocycles. The quantitative estimate of drug-likeness (QED) is 0.735. The van der Waals surface area contributed by atoms with E-state index in [0.717, 1.165) is 5.56 Å². The van der Waals surface area contributed by atoms with E-state index in [2.05, 4.69) is 10.3 Å². The zero-order chi connectivity index (χ0) is 18.5. The minimum absolute atomic E-state index is 0.0467. The van der Waals surface area contributed by atoms with E-state index in [-0.39, 0.29) is 17.9 Å². The van der Waals surface area contributed by atoms with Gasteiger partial charge in [-0.1, -0.05) is 6.07 Å².